The molecule has 1 saturated heterocycles. The van der Waals surface area contributed by atoms with E-state index in [0.717, 1.165) is 4.70 Å². The first kappa shape index (κ1) is 24.4. The zero-order chi connectivity index (χ0) is 26.6. The Hall–Kier alpha value is -3.93. The smallest absolute Gasteiger partial charge is 0.407 e. The molecule has 2 aliphatic heterocycles. The normalized spacial score (nSPS) is 22.7. The first-order valence-corrected chi connectivity index (χ1v) is 13.1. The van der Waals surface area contributed by atoms with Gasteiger partial charge in [0.1, 0.15) is 24.3 Å². The van der Waals surface area contributed by atoms with Gasteiger partial charge in [0.25, 0.3) is 5.91 Å². The Morgan fingerprint density at radius 3 is 2.79 bits per heavy atom. The average Bonchev–Trinajstić information content (AvgIpc) is 3.46. The highest BCUT2D eigenvalue weighted by molar-refractivity contribution is 7.16. The first-order valence-electron chi connectivity index (χ1n) is 12.2. The van der Waals surface area contributed by atoms with Crippen LogP contribution in [0.25, 0.3) is 10.2 Å². The number of alkyl carbamates (subject to hydrolysis) is 1. The fraction of sp³-hybridized carbons (Fsp3) is 0.346. The third kappa shape index (κ3) is 4.18. The van der Waals surface area contributed by atoms with E-state index in [1.807, 2.05) is 0 Å². The number of thiazole rings is 1. The molecule has 0 radical (unpaired) electrons. The lowest BCUT2D eigenvalue weighted by Gasteiger charge is -2.36. The van der Waals surface area contributed by atoms with E-state index in [2.05, 4.69) is 15.6 Å². The highest BCUT2D eigenvalue weighted by Crippen LogP contribution is 2.41. The van der Waals surface area contributed by atoms with Gasteiger partial charge in [-0.3, -0.25) is 19.7 Å². The molecule has 3 aromatic rings. The van der Waals surface area contributed by atoms with Crippen molar-refractivity contribution in [1.29, 1.82) is 0 Å². The molecular weight excluding hydrogens is 518 g/mol. The van der Waals surface area contributed by atoms with E-state index in [-0.39, 0.29) is 54.9 Å². The van der Waals surface area contributed by atoms with Crippen LogP contribution in [0.4, 0.5) is 13.6 Å². The number of piperidine rings is 1. The van der Waals surface area contributed by atoms with Gasteiger partial charge in [-0.15, -0.1) is 11.3 Å². The third-order valence-electron chi connectivity index (χ3n) is 7.43. The monoisotopic (exact) mass is 540 g/mol. The van der Waals surface area contributed by atoms with E-state index < -0.39 is 35.7 Å². The highest BCUT2D eigenvalue weighted by Gasteiger charge is 2.41. The number of hydrogen-bond donors (Lipinski definition) is 2. The van der Waals surface area contributed by atoms with Crippen molar-refractivity contribution in [3.05, 3.63) is 63.7 Å². The van der Waals surface area contributed by atoms with Gasteiger partial charge in [-0.25, -0.2) is 18.6 Å². The zero-order valence-electron chi connectivity index (χ0n) is 20.0. The maximum atomic E-state index is 15.2. The van der Waals surface area contributed by atoms with Gasteiger partial charge < -0.3 is 15.0 Å². The van der Waals surface area contributed by atoms with E-state index in [9.17, 15) is 23.6 Å². The molecule has 3 heterocycles. The Kier molecular flexibility index (Phi) is 6.05. The van der Waals surface area contributed by atoms with Crippen LogP contribution in [0.3, 0.4) is 0 Å². The Labute approximate surface area is 219 Å². The second kappa shape index (κ2) is 9.43. The molecule has 1 aromatic heterocycles. The molecule has 0 bridgehead atoms. The molecule has 1 aliphatic carbocycles. The summed E-state index contributed by atoms with van der Waals surface area (Å²) in [6.07, 6.45) is 0.596. The number of ether oxygens (including phenoxy) is 1. The number of carbonyl (C=O) groups excluding carboxylic acids is 4. The van der Waals surface area contributed by atoms with E-state index in [1.165, 1.54) is 28.4 Å². The number of benzene rings is 2. The van der Waals surface area contributed by atoms with Crippen molar-refractivity contribution in [2.75, 3.05) is 0 Å². The number of hydrogen-bond acceptors (Lipinski definition) is 7. The number of rotatable bonds is 5. The van der Waals surface area contributed by atoms with Crippen molar-refractivity contribution in [2.45, 2.75) is 56.8 Å². The van der Waals surface area contributed by atoms with Gasteiger partial charge in [0, 0.05) is 30.1 Å². The quantitative estimate of drug-likeness (QED) is 0.479. The molecule has 3 aliphatic rings. The molecule has 2 aromatic carbocycles. The standard InChI is InChI=1S/C26H22F2N4O5S/c27-16-3-5-18-23(29-11-38-18)20(16)14-7-15(8-14)30-26(36)37-10-13-2-1-12-9-32(25(35)21(12)22(13)28)17-4-6-19(33)31-24(17)34/h1-3,5,11,14-15,17H,4,6-10H2,(H,30,36)(H,31,33,34). The molecule has 1 unspecified atom stereocenters. The summed E-state index contributed by atoms with van der Waals surface area (Å²) in [5.74, 6) is -2.80. The first-order chi connectivity index (χ1) is 18.3. The van der Waals surface area contributed by atoms with Crippen molar-refractivity contribution in [1.82, 2.24) is 20.5 Å². The maximum absolute atomic E-state index is 15.2. The molecule has 196 valence electrons. The van der Waals surface area contributed by atoms with E-state index >= 15 is 4.39 Å². The van der Waals surface area contributed by atoms with Gasteiger partial charge in [-0.05, 0) is 42.9 Å². The number of nitrogens with zero attached hydrogens (tertiary/aromatic N) is 2. The summed E-state index contributed by atoms with van der Waals surface area (Å²) in [5, 5.41) is 4.92. The van der Waals surface area contributed by atoms with Crippen LogP contribution in [0.2, 0.25) is 0 Å². The second-order valence-corrected chi connectivity index (χ2v) is 10.6. The average molecular weight is 541 g/mol. The van der Waals surface area contributed by atoms with Crippen LogP contribution < -0.4 is 10.6 Å². The van der Waals surface area contributed by atoms with Crippen LogP contribution in [-0.4, -0.2) is 45.8 Å². The molecule has 12 heteroatoms. The van der Waals surface area contributed by atoms with E-state index in [4.69, 9.17) is 4.74 Å². The third-order valence-corrected chi connectivity index (χ3v) is 8.22. The van der Waals surface area contributed by atoms with Gasteiger partial charge >= 0.3 is 6.09 Å². The van der Waals surface area contributed by atoms with Crippen LogP contribution in [-0.2, 0) is 27.5 Å². The molecule has 38 heavy (non-hydrogen) atoms. The van der Waals surface area contributed by atoms with Crippen molar-refractivity contribution in [2.24, 2.45) is 0 Å². The van der Waals surface area contributed by atoms with Gasteiger partial charge in [0.05, 0.1) is 21.3 Å². The second-order valence-electron chi connectivity index (χ2n) is 9.72. The van der Waals surface area contributed by atoms with Crippen LogP contribution in [0.1, 0.15) is 58.6 Å². The Morgan fingerprint density at radius 2 is 2.00 bits per heavy atom. The Morgan fingerprint density at radius 1 is 1.18 bits per heavy atom. The fourth-order valence-corrected chi connectivity index (χ4v) is 6.10. The Bertz CT molecular complexity index is 1500. The predicted molar refractivity (Wildman–Crippen MR) is 131 cm³/mol. The predicted octanol–water partition coefficient (Wildman–Crippen LogP) is 3.51. The molecule has 6 rings (SSSR count). The summed E-state index contributed by atoms with van der Waals surface area (Å²) in [6, 6.07) is 5.09. The van der Waals surface area contributed by atoms with Gasteiger partial charge in [0.2, 0.25) is 11.8 Å². The SMILES string of the molecule is O=C1CCC(N2Cc3ccc(COC(=O)NC4CC(c5c(F)ccc6scnc56)C4)c(F)c3C2=O)C(=O)N1. The van der Waals surface area contributed by atoms with Gasteiger partial charge in [-0.2, -0.15) is 0 Å². The molecule has 2 N–H and O–H groups in total. The molecular formula is C26H22F2N4O5S. The minimum Gasteiger partial charge on any atom is -0.445 e. The molecule has 4 amide bonds. The lowest BCUT2D eigenvalue weighted by molar-refractivity contribution is -0.136. The topological polar surface area (TPSA) is 118 Å². The van der Waals surface area contributed by atoms with Crippen molar-refractivity contribution in [3.63, 3.8) is 0 Å². The summed E-state index contributed by atoms with van der Waals surface area (Å²) in [7, 11) is 0. The van der Waals surface area contributed by atoms with Crippen LogP contribution >= 0.6 is 11.3 Å². The lowest BCUT2D eigenvalue weighted by Crippen LogP contribution is -2.52. The molecule has 9 nitrogen and oxygen atoms in total. The van der Waals surface area contributed by atoms with E-state index in [1.54, 1.807) is 17.6 Å². The minimum atomic E-state index is -0.847. The summed E-state index contributed by atoms with van der Waals surface area (Å²) >= 11 is 1.44. The lowest BCUT2D eigenvalue weighted by atomic mass is 9.75. The van der Waals surface area contributed by atoms with Crippen molar-refractivity contribution in [3.8, 4) is 0 Å². The summed E-state index contributed by atoms with van der Waals surface area (Å²) in [6.45, 7) is -0.337. The number of halogens is 2. The molecule has 0 spiro atoms. The number of carbonyl (C=O) groups is 4. The van der Waals surface area contributed by atoms with E-state index in [0.29, 0.717) is 29.5 Å². The Balaban J connectivity index is 1.05. The molecule has 1 atom stereocenters. The minimum absolute atomic E-state index is 0.0288. The van der Waals surface area contributed by atoms with Gasteiger partial charge in [0.15, 0.2) is 0 Å². The highest BCUT2D eigenvalue weighted by atomic mass is 32.1. The summed E-state index contributed by atoms with van der Waals surface area (Å²) in [5.41, 5.74) is 3.19. The number of amides is 4. The van der Waals surface area contributed by atoms with Crippen molar-refractivity contribution < 1.29 is 32.7 Å². The summed E-state index contributed by atoms with van der Waals surface area (Å²) in [4.78, 5) is 54.4. The fourth-order valence-electron chi connectivity index (χ4n) is 5.40. The van der Waals surface area contributed by atoms with Crippen LogP contribution in [0, 0.1) is 11.6 Å². The zero-order valence-corrected chi connectivity index (χ0v) is 20.8. The number of imide groups is 1. The number of aromatic nitrogens is 1. The molecule has 1 saturated carbocycles. The summed E-state index contributed by atoms with van der Waals surface area (Å²) < 4.78 is 35.8. The van der Waals surface area contributed by atoms with Crippen molar-refractivity contribution >= 4 is 45.4 Å². The van der Waals surface area contributed by atoms with Crippen LogP contribution in [0.15, 0.2) is 29.8 Å². The number of nitrogens with one attached hydrogen (secondary N) is 2. The van der Waals surface area contributed by atoms with Gasteiger partial charge in [-0.1, -0.05) is 12.1 Å². The van der Waals surface area contributed by atoms with Crippen LogP contribution in [0.5, 0.6) is 0 Å². The maximum Gasteiger partial charge on any atom is 0.407 e. The largest absolute Gasteiger partial charge is 0.445 e. The molecule has 2 fully saturated rings. The number of fused-ring (bicyclic) bond motifs is 2.